The van der Waals surface area contributed by atoms with E-state index in [1.165, 1.54) is 0 Å². The van der Waals surface area contributed by atoms with Gasteiger partial charge in [0.2, 0.25) is 0 Å². The van der Waals surface area contributed by atoms with Crippen molar-refractivity contribution in [2.75, 3.05) is 0 Å². The highest BCUT2D eigenvalue weighted by molar-refractivity contribution is 6.24. The van der Waals surface area contributed by atoms with E-state index in [2.05, 4.69) is 10.3 Å². The second-order valence-corrected chi connectivity index (χ2v) is 4.65. The average molecular weight is 238 g/mol. The molecule has 1 heterocycles. The van der Waals surface area contributed by atoms with Gasteiger partial charge in [-0.15, -0.1) is 0 Å². The van der Waals surface area contributed by atoms with Gasteiger partial charge in [-0.1, -0.05) is 16.7 Å². The maximum atomic E-state index is 9.22. The van der Waals surface area contributed by atoms with Crippen LogP contribution in [0.4, 0.5) is 0 Å². The minimum Gasteiger partial charge on any atom is -0.494 e. The molecule has 1 aliphatic carbocycles. The minimum absolute atomic E-state index is 0.102. The van der Waals surface area contributed by atoms with E-state index >= 15 is 0 Å². The molecule has 2 aliphatic rings. The SMILES string of the molecule is CC(=NO)C1=C(C)OC2CCCCC2C1=NO. The van der Waals surface area contributed by atoms with Gasteiger partial charge in [-0.05, 0) is 33.1 Å². The molecule has 5 nitrogen and oxygen atoms in total. The van der Waals surface area contributed by atoms with E-state index in [1.54, 1.807) is 6.92 Å². The molecule has 0 aromatic carbocycles. The Morgan fingerprint density at radius 2 is 2.00 bits per heavy atom. The van der Waals surface area contributed by atoms with E-state index in [4.69, 9.17) is 9.94 Å². The molecule has 2 rings (SSSR count). The summed E-state index contributed by atoms with van der Waals surface area (Å²) >= 11 is 0. The number of hydrogen-bond donors (Lipinski definition) is 2. The third-order valence-corrected chi connectivity index (χ3v) is 3.61. The van der Waals surface area contributed by atoms with E-state index in [9.17, 15) is 5.21 Å². The Bertz CT molecular complexity index is 399. The van der Waals surface area contributed by atoms with E-state index in [0.717, 1.165) is 25.7 Å². The van der Waals surface area contributed by atoms with Crippen LogP contribution in [0.15, 0.2) is 21.6 Å². The van der Waals surface area contributed by atoms with E-state index in [1.807, 2.05) is 6.92 Å². The van der Waals surface area contributed by atoms with Gasteiger partial charge in [-0.25, -0.2) is 0 Å². The van der Waals surface area contributed by atoms with Gasteiger partial charge in [0.1, 0.15) is 11.9 Å². The lowest BCUT2D eigenvalue weighted by atomic mass is 9.78. The quantitative estimate of drug-likeness (QED) is 0.419. The molecule has 0 spiro atoms. The van der Waals surface area contributed by atoms with E-state index in [-0.39, 0.29) is 12.0 Å². The maximum Gasteiger partial charge on any atom is 0.107 e. The molecule has 1 aliphatic heterocycles. The summed E-state index contributed by atoms with van der Waals surface area (Å²) in [7, 11) is 0. The molecule has 0 radical (unpaired) electrons. The number of fused-ring (bicyclic) bond motifs is 1. The summed E-state index contributed by atoms with van der Waals surface area (Å²) in [5, 5.41) is 24.7. The fourth-order valence-electron chi connectivity index (χ4n) is 2.82. The molecule has 1 saturated carbocycles. The Morgan fingerprint density at radius 1 is 1.29 bits per heavy atom. The molecule has 1 fully saturated rings. The van der Waals surface area contributed by atoms with Crippen LogP contribution < -0.4 is 0 Å². The molecule has 0 aromatic rings. The number of rotatable bonds is 1. The van der Waals surface area contributed by atoms with Gasteiger partial charge in [0.05, 0.1) is 17.0 Å². The van der Waals surface area contributed by atoms with Crippen molar-refractivity contribution in [1.29, 1.82) is 0 Å². The van der Waals surface area contributed by atoms with Crippen molar-refractivity contribution < 1.29 is 15.2 Å². The molecule has 0 amide bonds. The lowest BCUT2D eigenvalue weighted by molar-refractivity contribution is 0.0511. The number of nitrogens with zero attached hydrogens (tertiary/aromatic N) is 2. The van der Waals surface area contributed by atoms with Crippen molar-refractivity contribution in [3.8, 4) is 0 Å². The first-order valence-electron chi connectivity index (χ1n) is 5.98. The van der Waals surface area contributed by atoms with Gasteiger partial charge in [0, 0.05) is 5.92 Å². The highest BCUT2D eigenvalue weighted by atomic mass is 16.5. The normalized spacial score (nSPS) is 32.4. The van der Waals surface area contributed by atoms with Crippen LogP contribution in [0.25, 0.3) is 0 Å². The van der Waals surface area contributed by atoms with Gasteiger partial charge >= 0.3 is 0 Å². The summed E-state index contributed by atoms with van der Waals surface area (Å²) in [4.78, 5) is 0. The third-order valence-electron chi connectivity index (χ3n) is 3.61. The average Bonchev–Trinajstić information content (AvgIpc) is 2.36. The second kappa shape index (κ2) is 4.77. The third kappa shape index (κ3) is 2.01. The maximum absolute atomic E-state index is 9.22. The molecule has 2 N–H and O–H groups in total. The molecule has 2 atom stereocenters. The largest absolute Gasteiger partial charge is 0.494 e. The zero-order chi connectivity index (χ0) is 12.4. The first-order valence-corrected chi connectivity index (χ1v) is 5.98. The first-order chi connectivity index (χ1) is 8.19. The topological polar surface area (TPSA) is 74.4 Å². The molecular formula is C12H18N2O3. The van der Waals surface area contributed by atoms with E-state index in [0.29, 0.717) is 22.8 Å². The number of ether oxygens (including phenoxy) is 1. The van der Waals surface area contributed by atoms with Crippen LogP contribution in [0.5, 0.6) is 0 Å². The molecule has 5 heteroatoms. The van der Waals surface area contributed by atoms with Crippen LogP contribution in [-0.2, 0) is 4.74 Å². The summed E-state index contributed by atoms with van der Waals surface area (Å²) in [6.07, 6.45) is 4.31. The van der Waals surface area contributed by atoms with Gasteiger partial charge in [0.25, 0.3) is 0 Å². The lowest BCUT2D eigenvalue weighted by Crippen LogP contribution is -2.40. The van der Waals surface area contributed by atoms with Crippen molar-refractivity contribution in [2.45, 2.75) is 45.6 Å². The van der Waals surface area contributed by atoms with Gasteiger partial charge in [-0.2, -0.15) is 0 Å². The lowest BCUT2D eigenvalue weighted by Gasteiger charge is -2.37. The Hall–Kier alpha value is -1.52. The summed E-state index contributed by atoms with van der Waals surface area (Å²) < 4.78 is 5.85. The monoisotopic (exact) mass is 238 g/mol. The first kappa shape index (κ1) is 12.0. The van der Waals surface area contributed by atoms with Crippen molar-refractivity contribution in [3.05, 3.63) is 11.3 Å². The Kier molecular flexibility index (Phi) is 3.36. The fraction of sp³-hybridized carbons (Fsp3) is 0.667. The van der Waals surface area contributed by atoms with Gasteiger partial charge in [0.15, 0.2) is 0 Å². The van der Waals surface area contributed by atoms with Crippen molar-refractivity contribution >= 4 is 11.4 Å². The van der Waals surface area contributed by atoms with Crippen molar-refractivity contribution in [2.24, 2.45) is 16.2 Å². The standard InChI is InChI=1S/C12H18N2O3/c1-7(13-15)11-8(2)17-10-6-4-3-5-9(10)12(11)14-16/h9-10,15-16H,3-6H2,1-2H3. The van der Waals surface area contributed by atoms with Gasteiger partial charge in [-0.3, -0.25) is 0 Å². The zero-order valence-electron chi connectivity index (χ0n) is 10.2. The summed E-state index contributed by atoms with van der Waals surface area (Å²) in [5.41, 5.74) is 1.67. The smallest absolute Gasteiger partial charge is 0.107 e. The predicted octanol–water partition coefficient (Wildman–Crippen LogP) is 2.53. The number of oxime groups is 2. The molecule has 0 aromatic heterocycles. The molecule has 0 bridgehead atoms. The van der Waals surface area contributed by atoms with Crippen LogP contribution in [-0.4, -0.2) is 27.9 Å². The fourth-order valence-corrected chi connectivity index (χ4v) is 2.82. The predicted molar refractivity (Wildman–Crippen MR) is 63.6 cm³/mol. The van der Waals surface area contributed by atoms with Crippen LogP contribution in [0.2, 0.25) is 0 Å². The van der Waals surface area contributed by atoms with Crippen molar-refractivity contribution in [1.82, 2.24) is 0 Å². The highest BCUT2D eigenvalue weighted by Gasteiger charge is 2.38. The van der Waals surface area contributed by atoms with Crippen LogP contribution >= 0.6 is 0 Å². The number of allylic oxidation sites excluding steroid dienone is 2. The molecular weight excluding hydrogens is 220 g/mol. The molecule has 94 valence electrons. The summed E-state index contributed by atoms with van der Waals surface area (Å²) in [5.74, 6) is 0.792. The second-order valence-electron chi connectivity index (χ2n) is 4.65. The van der Waals surface area contributed by atoms with Gasteiger partial charge < -0.3 is 15.2 Å². The summed E-state index contributed by atoms with van der Waals surface area (Å²) in [6, 6.07) is 0. The molecule has 17 heavy (non-hydrogen) atoms. The van der Waals surface area contributed by atoms with Crippen molar-refractivity contribution in [3.63, 3.8) is 0 Å². The molecule has 2 unspecified atom stereocenters. The summed E-state index contributed by atoms with van der Waals surface area (Å²) in [6.45, 7) is 3.50. The van der Waals surface area contributed by atoms with Crippen LogP contribution in [0, 0.1) is 5.92 Å². The van der Waals surface area contributed by atoms with Crippen LogP contribution in [0.3, 0.4) is 0 Å². The highest BCUT2D eigenvalue weighted by Crippen LogP contribution is 2.36. The van der Waals surface area contributed by atoms with E-state index < -0.39 is 0 Å². The zero-order valence-corrected chi connectivity index (χ0v) is 10.2. The van der Waals surface area contributed by atoms with Crippen LogP contribution in [0.1, 0.15) is 39.5 Å². The number of hydrogen-bond acceptors (Lipinski definition) is 5. The minimum atomic E-state index is 0.102. The Morgan fingerprint density at radius 3 is 2.65 bits per heavy atom. The Balaban J connectivity index is 2.42. The molecule has 0 saturated heterocycles. The Labute approximate surface area is 100 Å².